The van der Waals surface area contributed by atoms with Crippen molar-refractivity contribution in [1.29, 1.82) is 0 Å². The second-order valence-corrected chi connectivity index (χ2v) is 4.05. The van der Waals surface area contributed by atoms with Crippen LogP contribution in [0.15, 0.2) is 41.0 Å². The molecule has 3 nitrogen and oxygen atoms in total. The molecule has 0 aliphatic carbocycles. The van der Waals surface area contributed by atoms with E-state index in [4.69, 9.17) is 5.73 Å². The van der Waals surface area contributed by atoms with Gasteiger partial charge in [-0.3, -0.25) is 0 Å². The molecule has 3 N–H and O–H groups in total. The lowest BCUT2D eigenvalue weighted by molar-refractivity contribution is 0.631. The summed E-state index contributed by atoms with van der Waals surface area (Å²) in [5.74, 6) is 0.202. The number of halogens is 2. The highest BCUT2D eigenvalue weighted by atomic mass is 79.9. The van der Waals surface area contributed by atoms with Gasteiger partial charge in [-0.1, -0.05) is 6.07 Å². The van der Waals surface area contributed by atoms with Gasteiger partial charge in [0, 0.05) is 4.47 Å². The third kappa shape index (κ3) is 2.30. The second kappa shape index (κ2) is 4.49. The molecule has 0 bridgehead atoms. The van der Waals surface area contributed by atoms with Gasteiger partial charge in [0.25, 0.3) is 0 Å². The van der Waals surface area contributed by atoms with Crippen molar-refractivity contribution in [2.75, 3.05) is 11.1 Å². The summed E-state index contributed by atoms with van der Waals surface area (Å²) in [4.78, 5) is 4.03. The monoisotopic (exact) mass is 281 g/mol. The smallest absolute Gasteiger partial charge is 0.147 e. The van der Waals surface area contributed by atoms with Crippen LogP contribution >= 0.6 is 15.9 Å². The minimum atomic E-state index is -0.340. The molecular weight excluding hydrogens is 273 g/mol. The fraction of sp³-hybridized carbons (Fsp3) is 0. The Morgan fingerprint density at radius 1 is 1.25 bits per heavy atom. The van der Waals surface area contributed by atoms with Crippen molar-refractivity contribution < 1.29 is 4.39 Å². The van der Waals surface area contributed by atoms with E-state index in [0.29, 0.717) is 21.7 Å². The molecule has 82 valence electrons. The number of nitrogens with two attached hydrogens (primary N) is 1. The maximum absolute atomic E-state index is 13.5. The predicted octanol–water partition coefficient (Wildman–Crippen LogP) is 3.31. The molecule has 0 spiro atoms. The van der Waals surface area contributed by atoms with Crippen LogP contribution in [0.25, 0.3) is 0 Å². The molecule has 0 unspecified atom stereocenters. The first kappa shape index (κ1) is 10.9. The average molecular weight is 282 g/mol. The van der Waals surface area contributed by atoms with Gasteiger partial charge in [0.15, 0.2) is 0 Å². The van der Waals surface area contributed by atoms with Crippen LogP contribution in [0.4, 0.5) is 21.6 Å². The van der Waals surface area contributed by atoms with Crippen LogP contribution in [0.1, 0.15) is 0 Å². The van der Waals surface area contributed by atoms with Crippen LogP contribution in [0.5, 0.6) is 0 Å². The van der Waals surface area contributed by atoms with E-state index in [2.05, 4.69) is 26.2 Å². The van der Waals surface area contributed by atoms with Crippen LogP contribution in [-0.2, 0) is 0 Å². The zero-order chi connectivity index (χ0) is 11.5. The summed E-state index contributed by atoms with van der Waals surface area (Å²) in [5.41, 5.74) is 6.43. The first-order valence-electron chi connectivity index (χ1n) is 4.59. The Balaban J connectivity index is 2.30. The highest BCUT2D eigenvalue weighted by Crippen LogP contribution is 2.27. The minimum Gasteiger partial charge on any atom is -0.397 e. The number of para-hydroxylation sites is 1. The van der Waals surface area contributed by atoms with Crippen molar-refractivity contribution in [2.24, 2.45) is 0 Å². The lowest BCUT2D eigenvalue weighted by Gasteiger charge is -2.08. The van der Waals surface area contributed by atoms with Gasteiger partial charge in [-0.2, -0.15) is 0 Å². The number of pyridine rings is 1. The molecule has 0 atom stereocenters. The number of nitrogen functional groups attached to an aromatic ring is 1. The summed E-state index contributed by atoms with van der Waals surface area (Å²) in [6, 6.07) is 8.15. The lowest BCUT2D eigenvalue weighted by Crippen LogP contribution is -1.97. The molecule has 0 saturated carbocycles. The molecule has 2 aromatic rings. The third-order valence-electron chi connectivity index (χ3n) is 2.00. The van der Waals surface area contributed by atoms with Gasteiger partial charge in [-0.05, 0) is 40.2 Å². The van der Waals surface area contributed by atoms with Gasteiger partial charge in [0.05, 0.1) is 17.6 Å². The van der Waals surface area contributed by atoms with E-state index in [1.54, 1.807) is 24.3 Å². The highest BCUT2D eigenvalue weighted by Gasteiger charge is 2.06. The lowest BCUT2D eigenvalue weighted by atomic mass is 10.3. The van der Waals surface area contributed by atoms with Crippen LogP contribution in [0.2, 0.25) is 0 Å². The quantitative estimate of drug-likeness (QED) is 0.888. The Kier molecular flexibility index (Phi) is 3.05. The first-order valence-corrected chi connectivity index (χ1v) is 5.38. The van der Waals surface area contributed by atoms with Crippen molar-refractivity contribution in [3.05, 3.63) is 46.8 Å². The number of rotatable bonds is 2. The van der Waals surface area contributed by atoms with Gasteiger partial charge in [0.1, 0.15) is 11.6 Å². The van der Waals surface area contributed by atoms with Crippen LogP contribution in [0.3, 0.4) is 0 Å². The number of anilines is 3. The SMILES string of the molecule is Nc1ccc(Nc2c(F)cccc2Br)nc1. The van der Waals surface area contributed by atoms with Gasteiger partial charge < -0.3 is 11.1 Å². The molecule has 1 heterocycles. The summed E-state index contributed by atoms with van der Waals surface area (Å²) in [5, 5.41) is 2.88. The van der Waals surface area contributed by atoms with Crippen molar-refractivity contribution >= 4 is 33.1 Å². The van der Waals surface area contributed by atoms with E-state index in [1.165, 1.54) is 12.3 Å². The molecule has 16 heavy (non-hydrogen) atoms. The minimum absolute atomic E-state index is 0.340. The number of hydrogen-bond donors (Lipinski definition) is 2. The van der Waals surface area contributed by atoms with E-state index in [0.717, 1.165) is 0 Å². The molecular formula is C11H9BrFN3. The van der Waals surface area contributed by atoms with Crippen molar-refractivity contribution in [2.45, 2.75) is 0 Å². The standard InChI is InChI=1S/C11H9BrFN3/c12-8-2-1-3-9(13)11(8)16-10-5-4-7(14)6-15-10/h1-6H,14H2,(H,15,16). The molecule has 5 heteroatoms. The molecule has 0 fully saturated rings. The average Bonchev–Trinajstić information content (AvgIpc) is 2.26. The maximum atomic E-state index is 13.5. The van der Waals surface area contributed by atoms with Crippen LogP contribution in [0, 0.1) is 5.82 Å². The predicted molar refractivity (Wildman–Crippen MR) is 66.0 cm³/mol. The zero-order valence-corrected chi connectivity index (χ0v) is 9.83. The summed E-state index contributed by atoms with van der Waals surface area (Å²) in [6.45, 7) is 0. The molecule has 0 amide bonds. The number of nitrogens with zero attached hydrogens (tertiary/aromatic N) is 1. The summed E-state index contributed by atoms with van der Waals surface area (Å²) >= 11 is 3.26. The Labute approximate surface area is 101 Å². The Bertz CT molecular complexity index is 479. The third-order valence-corrected chi connectivity index (χ3v) is 2.66. The largest absolute Gasteiger partial charge is 0.397 e. The molecule has 2 rings (SSSR count). The summed E-state index contributed by atoms with van der Waals surface area (Å²) in [7, 11) is 0. The van der Waals surface area contributed by atoms with Crippen LogP contribution in [-0.4, -0.2) is 4.98 Å². The maximum Gasteiger partial charge on any atom is 0.147 e. The Morgan fingerprint density at radius 2 is 2.06 bits per heavy atom. The van der Waals surface area contributed by atoms with E-state index in [1.807, 2.05) is 0 Å². The molecule has 0 aliphatic heterocycles. The number of aromatic nitrogens is 1. The molecule has 0 radical (unpaired) electrons. The zero-order valence-electron chi connectivity index (χ0n) is 8.24. The first-order chi connectivity index (χ1) is 7.66. The number of benzene rings is 1. The highest BCUT2D eigenvalue weighted by molar-refractivity contribution is 9.10. The normalized spacial score (nSPS) is 10.1. The molecule has 1 aromatic carbocycles. The Morgan fingerprint density at radius 3 is 2.69 bits per heavy atom. The molecule has 1 aromatic heterocycles. The summed E-state index contributed by atoms with van der Waals surface area (Å²) in [6.07, 6.45) is 1.51. The van der Waals surface area contributed by atoms with Crippen molar-refractivity contribution in [1.82, 2.24) is 4.98 Å². The van der Waals surface area contributed by atoms with Gasteiger partial charge in [-0.25, -0.2) is 9.37 Å². The number of hydrogen-bond acceptors (Lipinski definition) is 3. The topological polar surface area (TPSA) is 50.9 Å². The molecule has 0 saturated heterocycles. The van der Waals surface area contributed by atoms with E-state index in [-0.39, 0.29) is 5.82 Å². The fourth-order valence-electron chi connectivity index (χ4n) is 1.22. The summed E-state index contributed by atoms with van der Waals surface area (Å²) < 4.78 is 14.1. The number of nitrogens with one attached hydrogen (secondary N) is 1. The van der Waals surface area contributed by atoms with Crippen molar-refractivity contribution in [3.8, 4) is 0 Å². The van der Waals surface area contributed by atoms with E-state index < -0.39 is 0 Å². The van der Waals surface area contributed by atoms with E-state index in [9.17, 15) is 4.39 Å². The molecule has 0 aliphatic rings. The van der Waals surface area contributed by atoms with Crippen LogP contribution < -0.4 is 11.1 Å². The second-order valence-electron chi connectivity index (χ2n) is 3.20. The van der Waals surface area contributed by atoms with Gasteiger partial charge >= 0.3 is 0 Å². The van der Waals surface area contributed by atoms with Crippen molar-refractivity contribution in [3.63, 3.8) is 0 Å². The Hall–Kier alpha value is -1.62. The van der Waals surface area contributed by atoms with E-state index >= 15 is 0 Å². The fourth-order valence-corrected chi connectivity index (χ4v) is 1.67. The van der Waals surface area contributed by atoms with Gasteiger partial charge in [0.2, 0.25) is 0 Å². The van der Waals surface area contributed by atoms with Gasteiger partial charge in [-0.15, -0.1) is 0 Å².